The number of nitrogens with zero attached hydrogens (tertiary/aromatic N) is 2. The Bertz CT molecular complexity index is 1020. The fraction of sp³-hybridized carbons (Fsp3) is 0.357. The molecule has 0 unspecified atom stereocenters. The molecule has 0 saturated carbocycles. The van der Waals surface area contributed by atoms with E-state index in [1.165, 1.54) is 11.1 Å². The van der Waals surface area contributed by atoms with E-state index in [1.54, 1.807) is 12.7 Å². The Labute approximate surface area is 204 Å². The van der Waals surface area contributed by atoms with Crippen molar-refractivity contribution in [1.29, 1.82) is 0 Å². The number of aromatic amines is 2. The normalized spacial score (nSPS) is 11.9. The Hall–Kier alpha value is -3.22. The summed E-state index contributed by atoms with van der Waals surface area (Å²) in [5.74, 6) is 0.544. The summed E-state index contributed by atoms with van der Waals surface area (Å²) in [4.78, 5) is 14.3. The second-order valence-electron chi connectivity index (χ2n) is 8.04. The second-order valence-corrected chi connectivity index (χ2v) is 8.04. The van der Waals surface area contributed by atoms with Crippen molar-refractivity contribution in [3.8, 4) is 0 Å². The van der Waals surface area contributed by atoms with Crippen molar-refractivity contribution < 1.29 is 10.2 Å². The minimum Gasteiger partial charge on any atom is -0.392 e. The number of aliphatic hydroxyl groups is 2. The molecule has 0 saturated heterocycles. The van der Waals surface area contributed by atoms with Crippen molar-refractivity contribution >= 4 is 0 Å². The summed E-state index contributed by atoms with van der Waals surface area (Å²) < 4.78 is 0. The number of nitrogens with one attached hydrogen (secondary N) is 2. The smallest absolute Gasteiger partial charge is 0.0921 e. The maximum atomic E-state index is 9.24. The van der Waals surface area contributed by atoms with Crippen LogP contribution in [0.4, 0.5) is 0 Å². The van der Waals surface area contributed by atoms with Gasteiger partial charge < -0.3 is 20.2 Å². The minimum absolute atomic E-state index is 0. The molecule has 0 aliphatic carbocycles. The van der Waals surface area contributed by atoms with Crippen molar-refractivity contribution in [3.05, 3.63) is 106 Å². The summed E-state index contributed by atoms with van der Waals surface area (Å²) in [7, 11) is 0. The molecule has 4 aromatic rings. The molecule has 34 heavy (non-hydrogen) atoms. The van der Waals surface area contributed by atoms with Gasteiger partial charge in [0.2, 0.25) is 0 Å². The van der Waals surface area contributed by atoms with Crippen molar-refractivity contribution in [2.24, 2.45) is 0 Å². The topological polar surface area (TPSA) is 97.8 Å². The first-order valence-corrected chi connectivity index (χ1v) is 10.8. The molecule has 0 fully saturated rings. The van der Waals surface area contributed by atoms with E-state index in [0.717, 1.165) is 33.6 Å². The van der Waals surface area contributed by atoms with Crippen molar-refractivity contribution in [3.63, 3.8) is 0 Å². The summed E-state index contributed by atoms with van der Waals surface area (Å²) in [6.45, 7) is 8.56. The standard InChI is InChI=1S/2C13H16N2O.2CH4/c2*1-9-11(7-16)4-3-5-12(9)10(2)13-6-14-8-15-13;;/h2*3-6,8,10,16H,7H2,1-2H3,(H,14,15);2*1H4/t2*10-;;/m10../s1. The number of hydrogen-bond donors (Lipinski definition) is 4. The van der Waals surface area contributed by atoms with Crippen LogP contribution in [0, 0.1) is 13.8 Å². The molecule has 0 radical (unpaired) electrons. The van der Waals surface area contributed by atoms with Crippen LogP contribution in [-0.2, 0) is 13.2 Å². The predicted molar refractivity (Wildman–Crippen MR) is 140 cm³/mol. The maximum Gasteiger partial charge on any atom is 0.0921 e. The lowest BCUT2D eigenvalue weighted by molar-refractivity contribution is 0.280. The Morgan fingerprint density at radius 3 is 1.38 bits per heavy atom. The molecule has 2 heterocycles. The van der Waals surface area contributed by atoms with Gasteiger partial charge in [-0.2, -0.15) is 0 Å². The molecule has 0 spiro atoms. The number of aromatic nitrogens is 4. The van der Waals surface area contributed by atoms with E-state index in [9.17, 15) is 10.2 Å². The molecular weight excluding hydrogens is 424 g/mol. The second kappa shape index (κ2) is 13.5. The number of aliphatic hydroxyl groups excluding tert-OH is 2. The van der Waals surface area contributed by atoms with Crippen LogP contribution in [0.3, 0.4) is 0 Å². The van der Waals surface area contributed by atoms with Gasteiger partial charge >= 0.3 is 0 Å². The largest absolute Gasteiger partial charge is 0.392 e. The highest BCUT2D eigenvalue weighted by molar-refractivity contribution is 5.40. The third-order valence-electron chi connectivity index (χ3n) is 6.22. The van der Waals surface area contributed by atoms with Gasteiger partial charge in [-0.3, -0.25) is 0 Å². The van der Waals surface area contributed by atoms with Gasteiger partial charge in [0.15, 0.2) is 0 Å². The average Bonchev–Trinajstić information content (AvgIpc) is 3.54. The van der Waals surface area contributed by atoms with E-state index in [2.05, 4.69) is 45.9 Å². The monoisotopic (exact) mass is 464 g/mol. The van der Waals surface area contributed by atoms with Crippen LogP contribution in [-0.4, -0.2) is 30.1 Å². The summed E-state index contributed by atoms with van der Waals surface area (Å²) in [5, 5.41) is 18.5. The highest BCUT2D eigenvalue weighted by atomic mass is 16.3. The molecule has 4 N–H and O–H groups in total. The van der Waals surface area contributed by atoms with Crippen LogP contribution in [0.15, 0.2) is 61.4 Å². The van der Waals surface area contributed by atoms with Gasteiger partial charge in [0.25, 0.3) is 0 Å². The third-order valence-corrected chi connectivity index (χ3v) is 6.22. The molecule has 2 aromatic carbocycles. The van der Waals surface area contributed by atoms with Crippen LogP contribution in [0.2, 0.25) is 0 Å². The van der Waals surface area contributed by atoms with E-state index in [0.29, 0.717) is 0 Å². The number of benzene rings is 2. The molecule has 6 heteroatoms. The lowest BCUT2D eigenvalue weighted by Gasteiger charge is -2.15. The quantitative estimate of drug-likeness (QED) is 0.281. The fourth-order valence-electron chi connectivity index (χ4n) is 4.03. The van der Waals surface area contributed by atoms with Gasteiger partial charge in [-0.05, 0) is 47.2 Å². The molecular formula is C28H40N4O2. The van der Waals surface area contributed by atoms with Gasteiger partial charge in [-0.1, -0.05) is 65.1 Å². The number of hydrogen-bond acceptors (Lipinski definition) is 4. The zero-order chi connectivity index (χ0) is 23.1. The maximum absolute atomic E-state index is 9.24. The van der Waals surface area contributed by atoms with Crippen LogP contribution in [0.1, 0.15) is 85.3 Å². The number of rotatable bonds is 6. The molecule has 0 aliphatic heterocycles. The Morgan fingerprint density at radius 1 is 0.706 bits per heavy atom. The van der Waals surface area contributed by atoms with E-state index in [4.69, 9.17) is 0 Å². The van der Waals surface area contributed by atoms with Crippen LogP contribution in [0.25, 0.3) is 0 Å². The Balaban J connectivity index is 0.000000321. The summed E-state index contributed by atoms with van der Waals surface area (Å²) >= 11 is 0. The number of imidazole rings is 2. The molecule has 2 aromatic heterocycles. The molecule has 184 valence electrons. The van der Waals surface area contributed by atoms with Crippen LogP contribution < -0.4 is 0 Å². The van der Waals surface area contributed by atoms with Gasteiger partial charge in [0, 0.05) is 35.6 Å². The van der Waals surface area contributed by atoms with E-state index >= 15 is 0 Å². The zero-order valence-electron chi connectivity index (χ0n) is 19.1. The third kappa shape index (κ3) is 6.43. The van der Waals surface area contributed by atoms with E-state index in [1.807, 2.05) is 50.5 Å². The summed E-state index contributed by atoms with van der Waals surface area (Å²) in [6, 6.07) is 12.1. The molecule has 6 nitrogen and oxygen atoms in total. The fourth-order valence-corrected chi connectivity index (χ4v) is 4.03. The summed E-state index contributed by atoms with van der Waals surface area (Å²) in [5.41, 5.74) is 8.95. The SMILES string of the molecule is C.C.Cc1c(CO)cccc1[C@@H](C)c1cnc[nH]1.Cc1c(CO)cccc1[C@H](C)c1cnc[nH]1. The van der Waals surface area contributed by atoms with Crippen molar-refractivity contribution in [2.75, 3.05) is 0 Å². The predicted octanol–water partition coefficient (Wildman–Crippen LogP) is 6.00. The Kier molecular flexibility index (Phi) is 11.4. The highest BCUT2D eigenvalue weighted by Crippen LogP contribution is 2.28. The molecule has 0 bridgehead atoms. The first-order valence-electron chi connectivity index (χ1n) is 10.8. The van der Waals surface area contributed by atoms with E-state index in [-0.39, 0.29) is 39.9 Å². The lowest BCUT2D eigenvalue weighted by Crippen LogP contribution is -2.02. The molecule has 2 atom stereocenters. The van der Waals surface area contributed by atoms with Crippen LogP contribution >= 0.6 is 0 Å². The molecule has 0 amide bonds. The van der Waals surface area contributed by atoms with Crippen LogP contribution in [0.5, 0.6) is 0 Å². The average molecular weight is 465 g/mol. The van der Waals surface area contributed by atoms with Crippen molar-refractivity contribution in [2.45, 2.75) is 67.6 Å². The van der Waals surface area contributed by atoms with Gasteiger partial charge in [0.05, 0.1) is 25.9 Å². The van der Waals surface area contributed by atoms with E-state index < -0.39 is 0 Å². The Morgan fingerprint density at radius 2 is 1.09 bits per heavy atom. The van der Waals surface area contributed by atoms with Gasteiger partial charge in [0.1, 0.15) is 0 Å². The zero-order valence-corrected chi connectivity index (χ0v) is 19.1. The minimum atomic E-state index is 0. The van der Waals surface area contributed by atoms with Gasteiger partial charge in [-0.15, -0.1) is 0 Å². The van der Waals surface area contributed by atoms with Crippen molar-refractivity contribution in [1.82, 2.24) is 19.9 Å². The highest BCUT2D eigenvalue weighted by Gasteiger charge is 2.14. The lowest BCUT2D eigenvalue weighted by atomic mass is 9.91. The molecule has 4 rings (SSSR count). The molecule has 0 aliphatic rings. The van der Waals surface area contributed by atoms with Gasteiger partial charge in [-0.25, -0.2) is 9.97 Å². The first-order chi connectivity index (χ1) is 15.5. The first kappa shape index (κ1) is 28.8. The summed E-state index contributed by atoms with van der Waals surface area (Å²) in [6.07, 6.45) is 7.07. The number of H-pyrrole nitrogens is 2.